The van der Waals surface area contributed by atoms with Crippen molar-refractivity contribution in [2.24, 2.45) is 0 Å². The summed E-state index contributed by atoms with van der Waals surface area (Å²) >= 11 is 0. The summed E-state index contributed by atoms with van der Waals surface area (Å²) in [7, 11) is 0. The van der Waals surface area contributed by atoms with E-state index >= 15 is 0 Å². The van der Waals surface area contributed by atoms with Gasteiger partial charge in [0, 0.05) is 6.20 Å². The molecule has 0 spiro atoms. The minimum atomic E-state index is -1.25. The second-order valence-corrected chi connectivity index (χ2v) is 1.96. The molecule has 0 aromatic carbocycles. The highest BCUT2D eigenvalue weighted by molar-refractivity contribution is 5.87. The van der Waals surface area contributed by atoms with E-state index in [9.17, 15) is 9.28 Å². The summed E-state index contributed by atoms with van der Waals surface area (Å²) in [5.41, 5.74) is 0.120. The first-order chi connectivity index (χ1) is 4.63. The van der Waals surface area contributed by atoms with Crippen molar-refractivity contribution in [3.63, 3.8) is 0 Å². The molecule has 0 aliphatic rings. The molecule has 10 heavy (non-hydrogen) atoms. The van der Waals surface area contributed by atoms with Gasteiger partial charge in [-0.15, -0.1) is 0 Å². The molecular formula is C6H6FNO2. The molecule has 0 fully saturated rings. The third-order valence-electron chi connectivity index (χ3n) is 1.25. The van der Waals surface area contributed by atoms with Crippen LogP contribution >= 0.6 is 0 Å². The standard InChI is InChI=1S/C6H6FNO2/c1-4-2-3-8(7)5(4)6(9)10/h2-3H,1H3,(H,9,10). The van der Waals surface area contributed by atoms with E-state index in [1.54, 1.807) is 6.92 Å². The zero-order valence-corrected chi connectivity index (χ0v) is 5.34. The highest BCUT2D eigenvalue weighted by Gasteiger charge is 2.12. The summed E-state index contributed by atoms with van der Waals surface area (Å²) in [5.74, 6) is -1.25. The number of carboxylic acid groups (broad SMARTS) is 1. The van der Waals surface area contributed by atoms with Crippen molar-refractivity contribution >= 4 is 5.97 Å². The molecular weight excluding hydrogens is 137 g/mol. The van der Waals surface area contributed by atoms with Crippen LogP contribution in [0.3, 0.4) is 0 Å². The van der Waals surface area contributed by atoms with Gasteiger partial charge in [-0.05, 0) is 18.6 Å². The van der Waals surface area contributed by atoms with E-state index in [1.165, 1.54) is 6.07 Å². The molecule has 0 aliphatic heterocycles. The highest BCUT2D eigenvalue weighted by atomic mass is 19.2. The molecule has 0 saturated heterocycles. The topological polar surface area (TPSA) is 42.2 Å². The lowest BCUT2D eigenvalue weighted by Gasteiger charge is -1.92. The van der Waals surface area contributed by atoms with Crippen LogP contribution in [0.2, 0.25) is 0 Å². The Morgan fingerprint density at radius 2 is 2.40 bits per heavy atom. The lowest BCUT2D eigenvalue weighted by atomic mass is 10.3. The molecule has 0 aliphatic carbocycles. The van der Waals surface area contributed by atoms with Gasteiger partial charge in [0.05, 0.1) is 0 Å². The summed E-state index contributed by atoms with van der Waals surface area (Å²) in [6.45, 7) is 1.54. The predicted octanol–water partition coefficient (Wildman–Crippen LogP) is 1.23. The maximum absolute atomic E-state index is 12.4. The molecule has 0 saturated carbocycles. The Morgan fingerprint density at radius 3 is 2.60 bits per heavy atom. The molecule has 0 bridgehead atoms. The lowest BCUT2D eigenvalue weighted by molar-refractivity contribution is 0.0672. The smallest absolute Gasteiger partial charge is 0.355 e. The largest absolute Gasteiger partial charge is 0.476 e. The average molecular weight is 143 g/mol. The minimum Gasteiger partial charge on any atom is -0.476 e. The zero-order valence-electron chi connectivity index (χ0n) is 5.34. The number of hydrogen-bond acceptors (Lipinski definition) is 1. The average Bonchev–Trinajstić information content (AvgIpc) is 2.11. The Morgan fingerprint density at radius 1 is 1.80 bits per heavy atom. The van der Waals surface area contributed by atoms with Gasteiger partial charge in [-0.25, -0.2) is 4.79 Å². The SMILES string of the molecule is Cc1ccn(F)c1C(=O)O. The van der Waals surface area contributed by atoms with E-state index in [4.69, 9.17) is 5.11 Å². The van der Waals surface area contributed by atoms with E-state index in [0.717, 1.165) is 6.20 Å². The first kappa shape index (κ1) is 6.80. The second-order valence-electron chi connectivity index (χ2n) is 1.96. The maximum atomic E-state index is 12.4. The van der Waals surface area contributed by atoms with E-state index in [-0.39, 0.29) is 10.5 Å². The van der Waals surface area contributed by atoms with Crippen LogP contribution in [0.4, 0.5) is 4.48 Å². The maximum Gasteiger partial charge on any atom is 0.355 e. The summed E-state index contributed by atoms with van der Waals surface area (Å²) in [5, 5.41) is 8.37. The molecule has 1 rings (SSSR count). The summed E-state index contributed by atoms with van der Waals surface area (Å²) < 4.78 is 12.4. The van der Waals surface area contributed by atoms with Crippen LogP contribution in [-0.2, 0) is 0 Å². The number of aromatic carboxylic acids is 1. The molecule has 1 aromatic rings. The van der Waals surface area contributed by atoms with E-state index in [1.807, 2.05) is 0 Å². The fourth-order valence-electron chi connectivity index (χ4n) is 0.759. The zero-order chi connectivity index (χ0) is 7.72. The van der Waals surface area contributed by atoms with Crippen LogP contribution in [-0.4, -0.2) is 15.9 Å². The number of carboxylic acids is 1. The van der Waals surface area contributed by atoms with Gasteiger partial charge in [0.1, 0.15) is 0 Å². The monoisotopic (exact) mass is 143 g/mol. The number of carbonyl (C=O) groups is 1. The minimum absolute atomic E-state index is 0.0949. The highest BCUT2D eigenvalue weighted by Crippen LogP contribution is 2.08. The normalized spacial score (nSPS) is 9.80. The first-order valence-electron chi connectivity index (χ1n) is 2.70. The van der Waals surface area contributed by atoms with Crippen molar-refractivity contribution in [2.75, 3.05) is 0 Å². The third kappa shape index (κ3) is 0.877. The van der Waals surface area contributed by atoms with Crippen LogP contribution in [0.1, 0.15) is 16.1 Å². The molecule has 3 nitrogen and oxygen atoms in total. The van der Waals surface area contributed by atoms with Gasteiger partial charge >= 0.3 is 5.97 Å². The van der Waals surface area contributed by atoms with E-state index < -0.39 is 5.97 Å². The van der Waals surface area contributed by atoms with Crippen molar-refractivity contribution in [1.82, 2.24) is 4.79 Å². The first-order valence-corrected chi connectivity index (χ1v) is 2.70. The summed E-state index contributed by atoms with van der Waals surface area (Å²) in [6, 6.07) is 1.41. The third-order valence-corrected chi connectivity index (χ3v) is 1.25. The fourth-order valence-corrected chi connectivity index (χ4v) is 0.759. The van der Waals surface area contributed by atoms with Crippen LogP contribution in [0.15, 0.2) is 12.3 Å². The number of aryl methyl sites for hydroxylation is 1. The van der Waals surface area contributed by atoms with Gasteiger partial charge in [-0.2, -0.15) is 4.79 Å². The number of hydrogen-bond donors (Lipinski definition) is 1. The van der Waals surface area contributed by atoms with Crippen LogP contribution in [0.25, 0.3) is 0 Å². The van der Waals surface area contributed by atoms with E-state index in [0.29, 0.717) is 5.56 Å². The van der Waals surface area contributed by atoms with Gasteiger partial charge in [-0.3, -0.25) is 0 Å². The van der Waals surface area contributed by atoms with Gasteiger partial charge in [0.2, 0.25) is 0 Å². The van der Waals surface area contributed by atoms with Crippen molar-refractivity contribution in [1.29, 1.82) is 0 Å². The molecule has 0 radical (unpaired) electrons. The van der Waals surface area contributed by atoms with Crippen molar-refractivity contribution in [2.45, 2.75) is 6.92 Å². The van der Waals surface area contributed by atoms with E-state index in [2.05, 4.69) is 0 Å². The molecule has 0 atom stereocenters. The predicted molar refractivity (Wildman–Crippen MR) is 32.6 cm³/mol. The van der Waals surface area contributed by atoms with Crippen LogP contribution in [0.5, 0.6) is 0 Å². The van der Waals surface area contributed by atoms with Gasteiger partial charge in [0.15, 0.2) is 5.69 Å². The number of rotatable bonds is 1. The van der Waals surface area contributed by atoms with Gasteiger partial charge in [0.25, 0.3) is 0 Å². The Labute approximate surface area is 56.6 Å². The second kappa shape index (κ2) is 2.13. The number of halogens is 1. The Balaban J connectivity index is 3.23. The van der Waals surface area contributed by atoms with Crippen molar-refractivity contribution in [3.8, 4) is 0 Å². The van der Waals surface area contributed by atoms with Crippen molar-refractivity contribution in [3.05, 3.63) is 23.5 Å². The van der Waals surface area contributed by atoms with Gasteiger partial charge < -0.3 is 5.11 Å². The molecule has 4 heteroatoms. The Bertz CT molecular complexity index is 247. The quantitative estimate of drug-likeness (QED) is 0.642. The Hall–Kier alpha value is -1.32. The molecule has 54 valence electrons. The Kier molecular flexibility index (Phi) is 1.45. The number of nitrogens with zero attached hydrogens (tertiary/aromatic N) is 1. The van der Waals surface area contributed by atoms with Crippen LogP contribution in [0, 0.1) is 6.92 Å². The molecule has 0 amide bonds. The molecule has 0 unspecified atom stereocenters. The summed E-state index contributed by atoms with van der Waals surface area (Å²) in [4.78, 5) is 10.3. The molecule has 1 aromatic heterocycles. The molecule has 1 heterocycles. The van der Waals surface area contributed by atoms with Crippen LogP contribution < -0.4 is 0 Å². The van der Waals surface area contributed by atoms with Gasteiger partial charge in [-0.1, -0.05) is 4.48 Å². The van der Waals surface area contributed by atoms with Crippen molar-refractivity contribution < 1.29 is 14.4 Å². The summed E-state index contributed by atoms with van der Waals surface area (Å²) in [6.07, 6.45) is 1.07. The number of aromatic nitrogens is 1. The molecule has 1 N–H and O–H groups in total. The fraction of sp³-hybridized carbons (Fsp3) is 0.167. The lowest BCUT2D eigenvalue weighted by Crippen LogP contribution is -2.02.